The highest BCUT2D eigenvalue weighted by atomic mass is 19.4. The Morgan fingerprint density at radius 1 is 0.727 bits per heavy atom. The first-order valence-electron chi connectivity index (χ1n) is 13.6. The average Bonchev–Trinajstić information content (AvgIpc) is 3.34. The summed E-state index contributed by atoms with van der Waals surface area (Å²) < 4.78 is 62.7. The molecule has 10 heteroatoms. The Bertz CT molecular complexity index is 1810. The van der Waals surface area contributed by atoms with E-state index in [4.69, 9.17) is 18.9 Å². The van der Waals surface area contributed by atoms with Gasteiger partial charge in [0.05, 0.1) is 48.2 Å². The number of methoxy groups -OCH3 is 2. The number of benzene rings is 4. The number of carbonyl (C=O) groups is 2. The molecule has 0 atom stereocenters. The number of alkyl halides is 3. The molecule has 4 aromatic carbocycles. The van der Waals surface area contributed by atoms with Crippen molar-refractivity contribution in [2.75, 3.05) is 14.2 Å². The van der Waals surface area contributed by atoms with Crippen molar-refractivity contribution in [2.45, 2.75) is 26.1 Å². The Labute approximate surface area is 251 Å². The van der Waals surface area contributed by atoms with E-state index in [0.29, 0.717) is 44.9 Å². The van der Waals surface area contributed by atoms with Gasteiger partial charge >= 0.3 is 18.1 Å². The first-order chi connectivity index (χ1) is 21.0. The molecule has 0 bridgehead atoms. The Morgan fingerprint density at radius 2 is 1.32 bits per heavy atom. The van der Waals surface area contributed by atoms with E-state index >= 15 is 0 Å². The number of ether oxygens (including phenoxy) is 4. The number of halogens is 3. The van der Waals surface area contributed by atoms with Gasteiger partial charge in [-0.15, -0.1) is 0 Å². The number of carbonyl (C=O) groups excluding carboxylic acids is 2. The first-order valence-corrected chi connectivity index (χ1v) is 13.6. The second-order valence-corrected chi connectivity index (χ2v) is 10.1. The minimum absolute atomic E-state index is 0.0221. The molecule has 0 amide bonds. The molecular formula is C34H28F3NO6. The van der Waals surface area contributed by atoms with Gasteiger partial charge in [-0.05, 0) is 98.3 Å². The molecule has 0 aliphatic rings. The largest absolute Gasteiger partial charge is 0.491 e. The molecule has 226 valence electrons. The Kier molecular flexibility index (Phi) is 8.35. The van der Waals surface area contributed by atoms with E-state index in [1.54, 1.807) is 42.5 Å². The normalized spacial score (nSPS) is 11.5. The zero-order valence-electron chi connectivity index (χ0n) is 24.3. The van der Waals surface area contributed by atoms with Crippen LogP contribution in [-0.2, 0) is 15.7 Å². The summed E-state index contributed by atoms with van der Waals surface area (Å²) in [6, 6.07) is 23.4. The standard InChI is InChI=1S/C34H28F3NO6/c1-20(2)43-25-15-11-24(12-16-25)38-29-18-17-27(44-26-13-9-23(10-14-26)34(35,36)37)19-28(29)30(33(40)42-4)31(38)21-5-7-22(8-6-21)32(39)41-3/h5-20H,1-4H3. The monoisotopic (exact) mass is 603 g/mol. The summed E-state index contributed by atoms with van der Waals surface area (Å²) >= 11 is 0. The van der Waals surface area contributed by atoms with E-state index in [0.717, 1.165) is 12.1 Å². The summed E-state index contributed by atoms with van der Waals surface area (Å²) in [5.74, 6) is 0.0385. The SMILES string of the molecule is COC(=O)c1ccc(-c2c(C(=O)OC)c3cc(Oc4ccc(C(F)(F)F)cc4)ccc3n2-c2ccc(OC(C)C)cc2)cc1. The number of fused-ring (bicyclic) bond motifs is 1. The van der Waals surface area contributed by atoms with E-state index in [9.17, 15) is 22.8 Å². The maximum atomic E-state index is 13.4. The summed E-state index contributed by atoms with van der Waals surface area (Å²) in [6.45, 7) is 3.85. The summed E-state index contributed by atoms with van der Waals surface area (Å²) in [4.78, 5) is 25.5. The predicted molar refractivity (Wildman–Crippen MR) is 159 cm³/mol. The zero-order valence-corrected chi connectivity index (χ0v) is 24.3. The smallest absolute Gasteiger partial charge is 0.416 e. The Morgan fingerprint density at radius 3 is 1.89 bits per heavy atom. The quantitative estimate of drug-likeness (QED) is 0.166. The maximum absolute atomic E-state index is 13.4. The van der Waals surface area contributed by atoms with Crippen LogP contribution in [0.3, 0.4) is 0 Å². The molecule has 1 aromatic heterocycles. The molecule has 1 heterocycles. The van der Waals surface area contributed by atoms with Crippen LogP contribution in [0.25, 0.3) is 27.8 Å². The second-order valence-electron chi connectivity index (χ2n) is 10.1. The van der Waals surface area contributed by atoms with Gasteiger partial charge in [0.2, 0.25) is 0 Å². The molecule has 0 saturated carbocycles. The van der Waals surface area contributed by atoms with E-state index < -0.39 is 23.7 Å². The number of hydrogen-bond acceptors (Lipinski definition) is 6. The molecule has 0 N–H and O–H groups in total. The lowest BCUT2D eigenvalue weighted by Gasteiger charge is -2.15. The molecule has 0 unspecified atom stereocenters. The number of rotatable bonds is 8. The van der Waals surface area contributed by atoms with Crippen molar-refractivity contribution < 1.29 is 41.7 Å². The topological polar surface area (TPSA) is 76.0 Å². The van der Waals surface area contributed by atoms with Crippen LogP contribution in [0, 0.1) is 0 Å². The van der Waals surface area contributed by atoms with Gasteiger partial charge in [-0.25, -0.2) is 9.59 Å². The number of nitrogens with zero attached hydrogens (tertiary/aromatic N) is 1. The molecule has 44 heavy (non-hydrogen) atoms. The molecule has 0 aliphatic carbocycles. The van der Waals surface area contributed by atoms with Crippen LogP contribution in [0.15, 0.2) is 91.0 Å². The number of esters is 2. The molecule has 5 rings (SSSR count). The second kappa shape index (κ2) is 12.2. The third-order valence-electron chi connectivity index (χ3n) is 6.79. The summed E-state index contributed by atoms with van der Waals surface area (Å²) in [6.07, 6.45) is -4.49. The lowest BCUT2D eigenvalue weighted by molar-refractivity contribution is -0.137. The van der Waals surface area contributed by atoms with Gasteiger partial charge in [-0.2, -0.15) is 13.2 Å². The summed E-state index contributed by atoms with van der Waals surface area (Å²) in [5.41, 5.74) is 2.22. The van der Waals surface area contributed by atoms with Crippen molar-refractivity contribution in [2.24, 2.45) is 0 Å². The van der Waals surface area contributed by atoms with Crippen LogP contribution < -0.4 is 9.47 Å². The van der Waals surface area contributed by atoms with E-state index in [1.807, 2.05) is 42.7 Å². The first kappa shape index (κ1) is 30.2. The van der Waals surface area contributed by atoms with Crippen molar-refractivity contribution in [3.05, 3.63) is 108 Å². The summed E-state index contributed by atoms with van der Waals surface area (Å²) in [5, 5.41) is 0.482. The van der Waals surface area contributed by atoms with Crippen molar-refractivity contribution in [1.29, 1.82) is 0 Å². The van der Waals surface area contributed by atoms with Crippen molar-refractivity contribution in [3.8, 4) is 34.2 Å². The minimum Gasteiger partial charge on any atom is -0.491 e. The summed E-state index contributed by atoms with van der Waals surface area (Å²) in [7, 11) is 2.57. The van der Waals surface area contributed by atoms with E-state index in [1.165, 1.54) is 26.4 Å². The maximum Gasteiger partial charge on any atom is 0.416 e. The molecule has 0 radical (unpaired) electrons. The van der Waals surface area contributed by atoms with Gasteiger partial charge in [0, 0.05) is 11.1 Å². The molecule has 0 spiro atoms. The van der Waals surface area contributed by atoms with Crippen LogP contribution in [0.1, 0.15) is 40.1 Å². The fourth-order valence-electron chi connectivity index (χ4n) is 4.86. The van der Waals surface area contributed by atoms with E-state index in [-0.39, 0.29) is 17.4 Å². The molecular weight excluding hydrogens is 575 g/mol. The fraction of sp³-hybridized carbons (Fsp3) is 0.176. The molecule has 0 aliphatic heterocycles. The number of hydrogen-bond donors (Lipinski definition) is 0. The lowest BCUT2D eigenvalue weighted by atomic mass is 10.0. The highest BCUT2D eigenvalue weighted by Crippen LogP contribution is 2.40. The highest BCUT2D eigenvalue weighted by molar-refractivity contribution is 6.11. The van der Waals surface area contributed by atoms with Crippen LogP contribution in [0.4, 0.5) is 13.2 Å². The lowest BCUT2D eigenvalue weighted by Crippen LogP contribution is -2.06. The Balaban J connectivity index is 1.69. The zero-order chi connectivity index (χ0) is 31.6. The van der Waals surface area contributed by atoms with Gasteiger partial charge in [0.25, 0.3) is 0 Å². The van der Waals surface area contributed by atoms with Gasteiger partial charge in [-0.1, -0.05) is 12.1 Å². The minimum atomic E-state index is -4.47. The van der Waals surface area contributed by atoms with Crippen LogP contribution in [-0.4, -0.2) is 36.8 Å². The van der Waals surface area contributed by atoms with Crippen LogP contribution in [0.2, 0.25) is 0 Å². The molecule has 0 fully saturated rings. The van der Waals surface area contributed by atoms with Crippen LogP contribution in [0.5, 0.6) is 17.2 Å². The van der Waals surface area contributed by atoms with Crippen LogP contribution >= 0.6 is 0 Å². The van der Waals surface area contributed by atoms with Crippen molar-refractivity contribution in [1.82, 2.24) is 4.57 Å². The van der Waals surface area contributed by atoms with Gasteiger partial charge in [0.15, 0.2) is 0 Å². The van der Waals surface area contributed by atoms with E-state index in [2.05, 4.69) is 0 Å². The van der Waals surface area contributed by atoms with Gasteiger partial charge in [-0.3, -0.25) is 0 Å². The third-order valence-corrected chi connectivity index (χ3v) is 6.79. The third kappa shape index (κ3) is 6.10. The fourth-order valence-corrected chi connectivity index (χ4v) is 4.86. The van der Waals surface area contributed by atoms with Gasteiger partial charge in [0.1, 0.15) is 17.2 Å². The Hall–Kier alpha value is -5.25. The van der Waals surface area contributed by atoms with Crippen molar-refractivity contribution in [3.63, 3.8) is 0 Å². The van der Waals surface area contributed by atoms with Gasteiger partial charge < -0.3 is 23.5 Å². The molecule has 5 aromatic rings. The number of aromatic nitrogens is 1. The predicted octanol–water partition coefficient (Wildman–Crippen LogP) is 8.47. The molecule has 0 saturated heterocycles. The average molecular weight is 604 g/mol. The van der Waals surface area contributed by atoms with Crippen molar-refractivity contribution >= 4 is 22.8 Å². The highest BCUT2D eigenvalue weighted by Gasteiger charge is 2.30. The molecule has 7 nitrogen and oxygen atoms in total.